The molecule has 1 fully saturated rings. The maximum Gasteiger partial charge on any atom is 0.274 e. The number of ether oxygens (including phenoxy) is 1. The summed E-state index contributed by atoms with van der Waals surface area (Å²) in [6.07, 6.45) is 0. The standard InChI is InChI=1S/C19H26N4O2.ClH/c1-19(2,3)17-11-14(21-22-17)18(24)23-10-9-20-12-15(23)13-7-5-6-8-16(13)25-4;/h5-8,11,15,20H,9-10,12H2,1-4H3,(H,21,22);1H. The van der Waals surface area contributed by atoms with Gasteiger partial charge in [-0.05, 0) is 12.1 Å². The van der Waals surface area contributed by atoms with Crippen molar-refractivity contribution in [1.29, 1.82) is 0 Å². The van der Waals surface area contributed by atoms with E-state index >= 15 is 0 Å². The first kappa shape index (κ1) is 20.3. The van der Waals surface area contributed by atoms with Crippen molar-refractivity contribution in [2.24, 2.45) is 0 Å². The molecule has 2 aromatic rings. The minimum atomic E-state index is -0.0767. The Balaban J connectivity index is 0.00000243. The van der Waals surface area contributed by atoms with Gasteiger partial charge in [-0.2, -0.15) is 5.10 Å². The topological polar surface area (TPSA) is 70.2 Å². The predicted molar refractivity (Wildman–Crippen MR) is 104 cm³/mol. The average molecular weight is 379 g/mol. The second kappa shape index (κ2) is 8.10. The van der Waals surface area contributed by atoms with Crippen molar-refractivity contribution in [3.8, 4) is 5.75 Å². The molecule has 0 saturated carbocycles. The molecular weight excluding hydrogens is 352 g/mol. The maximum absolute atomic E-state index is 13.1. The van der Waals surface area contributed by atoms with Crippen molar-refractivity contribution in [2.75, 3.05) is 26.7 Å². The molecule has 26 heavy (non-hydrogen) atoms. The molecule has 0 spiro atoms. The molecule has 1 saturated heterocycles. The fourth-order valence-electron chi connectivity index (χ4n) is 3.13. The number of aromatic amines is 1. The Morgan fingerprint density at radius 3 is 2.69 bits per heavy atom. The van der Waals surface area contributed by atoms with E-state index in [0.29, 0.717) is 18.8 Å². The van der Waals surface area contributed by atoms with E-state index in [1.807, 2.05) is 35.2 Å². The number of aromatic nitrogens is 2. The number of hydrogen-bond donors (Lipinski definition) is 2. The van der Waals surface area contributed by atoms with Crippen LogP contribution in [0.2, 0.25) is 0 Å². The van der Waals surface area contributed by atoms with Gasteiger partial charge in [-0.15, -0.1) is 12.4 Å². The molecule has 0 aliphatic carbocycles. The van der Waals surface area contributed by atoms with Gasteiger partial charge in [-0.1, -0.05) is 39.0 Å². The van der Waals surface area contributed by atoms with E-state index in [0.717, 1.165) is 23.6 Å². The molecule has 3 rings (SSSR count). The molecule has 1 aliphatic rings. The largest absolute Gasteiger partial charge is 0.496 e. The number of halogens is 1. The Kier molecular flexibility index (Phi) is 6.31. The molecule has 1 aromatic carbocycles. The van der Waals surface area contributed by atoms with Crippen LogP contribution in [0.5, 0.6) is 5.75 Å². The third-order valence-electron chi connectivity index (χ3n) is 4.61. The molecule has 1 unspecified atom stereocenters. The SMILES string of the molecule is COc1ccccc1C1CNCCN1C(=O)c1cc(C(C)(C)C)[nH]n1.Cl. The quantitative estimate of drug-likeness (QED) is 0.861. The van der Waals surface area contributed by atoms with Gasteiger partial charge in [0.1, 0.15) is 11.4 Å². The summed E-state index contributed by atoms with van der Waals surface area (Å²) in [7, 11) is 1.66. The lowest BCUT2D eigenvalue weighted by molar-refractivity contribution is 0.0625. The summed E-state index contributed by atoms with van der Waals surface area (Å²) < 4.78 is 5.49. The molecule has 142 valence electrons. The zero-order valence-corrected chi connectivity index (χ0v) is 16.5. The summed E-state index contributed by atoms with van der Waals surface area (Å²) in [5.41, 5.74) is 2.36. The number of carbonyl (C=O) groups is 1. The average Bonchev–Trinajstić information content (AvgIpc) is 3.11. The van der Waals surface area contributed by atoms with Gasteiger partial charge in [0.2, 0.25) is 0 Å². The minimum absolute atomic E-state index is 0. The molecular formula is C19H27ClN4O2. The van der Waals surface area contributed by atoms with Gasteiger partial charge in [-0.3, -0.25) is 9.89 Å². The number of amides is 1. The minimum Gasteiger partial charge on any atom is -0.496 e. The Labute approximate surface area is 160 Å². The van der Waals surface area contributed by atoms with Crippen LogP contribution in [0, 0.1) is 0 Å². The van der Waals surface area contributed by atoms with Crippen molar-refractivity contribution in [2.45, 2.75) is 32.2 Å². The molecule has 2 heterocycles. The van der Waals surface area contributed by atoms with E-state index in [9.17, 15) is 4.79 Å². The Hall–Kier alpha value is -2.05. The van der Waals surface area contributed by atoms with Gasteiger partial charge in [-0.25, -0.2) is 0 Å². The van der Waals surface area contributed by atoms with Crippen LogP contribution in [-0.2, 0) is 5.41 Å². The van der Waals surface area contributed by atoms with E-state index in [4.69, 9.17) is 4.74 Å². The molecule has 0 radical (unpaired) electrons. The van der Waals surface area contributed by atoms with Crippen LogP contribution in [0.25, 0.3) is 0 Å². The van der Waals surface area contributed by atoms with E-state index in [1.54, 1.807) is 7.11 Å². The second-order valence-corrected chi connectivity index (χ2v) is 7.38. The summed E-state index contributed by atoms with van der Waals surface area (Å²) in [4.78, 5) is 15.0. The molecule has 1 atom stereocenters. The number of hydrogen-bond acceptors (Lipinski definition) is 4. The van der Waals surface area contributed by atoms with Crippen LogP contribution in [-0.4, -0.2) is 47.7 Å². The van der Waals surface area contributed by atoms with Crippen LogP contribution < -0.4 is 10.1 Å². The smallest absolute Gasteiger partial charge is 0.274 e. The lowest BCUT2D eigenvalue weighted by Crippen LogP contribution is -2.48. The first-order valence-electron chi connectivity index (χ1n) is 8.62. The number of nitrogens with zero attached hydrogens (tertiary/aromatic N) is 2. The fourth-order valence-corrected chi connectivity index (χ4v) is 3.13. The van der Waals surface area contributed by atoms with Gasteiger partial charge < -0.3 is 15.0 Å². The van der Waals surface area contributed by atoms with Crippen LogP contribution >= 0.6 is 12.4 Å². The van der Waals surface area contributed by atoms with E-state index in [1.165, 1.54) is 0 Å². The number of piperazine rings is 1. The van der Waals surface area contributed by atoms with Gasteiger partial charge in [0.25, 0.3) is 5.91 Å². The summed E-state index contributed by atoms with van der Waals surface area (Å²) in [5.74, 6) is 0.746. The number of para-hydroxylation sites is 1. The predicted octanol–water partition coefficient (Wildman–Crippen LogP) is 2.92. The first-order chi connectivity index (χ1) is 11.9. The molecule has 2 N–H and O–H groups in total. The highest BCUT2D eigenvalue weighted by molar-refractivity contribution is 5.93. The molecule has 1 aliphatic heterocycles. The molecule has 7 heteroatoms. The number of nitrogens with one attached hydrogen (secondary N) is 2. The van der Waals surface area contributed by atoms with Crippen LogP contribution in [0.3, 0.4) is 0 Å². The van der Waals surface area contributed by atoms with Crippen molar-refractivity contribution in [3.63, 3.8) is 0 Å². The third-order valence-corrected chi connectivity index (χ3v) is 4.61. The Morgan fingerprint density at radius 2 is 2.04 bits per heavy atom. The van der Waals surface area contributed by atoms with E-state index in [2.05, 4.69) is 36.3 Å². The van der Waals surface area contributed by atoms with Gasteiger partial charge in [0.15, 0.2) is 0 Å². The summed E-state index contributed by atoms with van der Waals surface area (Å²) in [6, 6.07) is 9.65. The highest BCUT2D eigenvalue weighted by Crippen LogP contribution is 2.31. The van der Waals surface area contributed by atoms with Crippen molar-refractivity contribution < 1.29 is 9.53 Å². The van der Waals surface area contributed by atoms with Gasteiger partial charge in [0, 0.05) is 36.3 Å². The second-order valence-electron chi connectivity index (χ2n) is 7.38. The van der Waals surface area contributed by atoms with Crippen LogP contribution in [0.4, 0.5) is 0 Å². The van der Waals surface area contributed by atoms with Crippen LogP contribution in [0.1, 0.15) is 48.6 Å². The zero-order chi connectivity index (χ0) is 18.0. The van der Waals surface area contributed by atoms with Crippen molar-refractivity contribution >= 4 is 18.3 Å². The molecule has 0 bridgehead atoms. The van der Waals surface area contributed by atoms with Crippen molar-refractivity contribution in [1.82, 2.24) is 20.4 Å². The monoisotopic (exact) mass is 378 g/mol. The number of benzene rings is 1. The Bertz CT molecular complexity index is 754. The summed E-state index contributed by atoms with van der Waals surface area (Å²) in [6.45, 7) is 8.39. The maximum atomic E-state index is 13.1. The highest BCUT2D eigenvalue weighted by atomic mass is 35.5. The molecule has 6 nitrogen and oxygen atoms in total. The first-order valence-corrected chi connectivity index (χ1v) is 8.62. The zero-order valence-electron chi connectivity index (χ0n) is 15.7. The highest BCUT2D eigenvalue weighted by Gasteiger charge is 2.32. The van der Waals surface area contributed by atoms with E-state index < -0.39 is 0 Å². The number of carbonyl (C=O) groups excluding carboxylic acids is 1. The number of methoxy groups -OCH3 is 1. The lowest BCUT2D eigenvalue weighted by atomic mass is 9.92. The lowest BCUT2D eigenvalue weighted by Gasteiger charge is -2.36. The van der Waals surface area contributed by atoms with Gasteiger partial charge in [0.05, 0.1) is 13.2 Å². The van der Waals surface area contributed by atoms with Crippen molar-refractivity contribution in [3.05, 3.63) is 47.3 Å². The fraction of sp³-hybridized carbons (Fsp3) is 0.474. The van der Waals surface area contributed by atoms with Gasteiger partial charge >= 0.3 is 0 Å². The summed E-state index contributed by atoms with van der Waals surface area (Å²) >= 11 is 0. The molecule has 1 amide bonds. The number of H-pyrrole nitrogens is 1. The third kappa shape index (κ3) is 4.02. The number of rotatable bonds is 3. The van der Waals surface area contributed by atoms with E-state index in [-0.39, 0.29) is 29.8 Å². The molecule has 1 aromatic heterocycles. The normalized spacial score (nSPS) is 17.5. The Morgan fingerprint density at radius 1 is 1.31 bits per heavy atom. The van der Waals surface area contributed by atoms with Crippen LogP contribution in [0.15, 0.2) is 30.3 Å². The summed E-state index contributed by atoms with van der Waals surface area (Å²) in [5, 5.41) is 10.6.